The standard InChI is InChI=1S/C21H17ClN6O2/c1-12-4-3-5-13(10-12)11-27-16-18(29)23-21(30)26(2)19(16)28-17(24-25-20(27)28)14-6-8-15(22)9-7-14/h3-10H,11H2,1-2H3,(H,23,29,30). The number of nitrogens with zero attached hydrogens (tertiary/aromatic N) is 5. The minimum absolute atomic E-state index is 0.360. The highest BCUT2D eigenvalue weighted by Gasteiger charge is 2.23. The fourth-order valence-corrected chi connectivity index (χ4v) is 3.90. The van der Waals surface area contributed by atoms with Crippen molar-refractivity contribution in [3.05, 3.63) is 85.5 Å². The van der Waals surface area contributed by atoms with Crippen LogP contribution in [0.2, 0.25) is 5.02 Å². The highest BCUT2D eigenvalue weighted by Crippen LogP contribution is 2.26. The predicted octanol–water partition coefficient (Wildman–Crippen LogP) is 2.75. The Morgan fingerprint density at radius 3 is 2.57 bits per heavy atom. The SMILES string of the molecule is Cc1cccc(Cn2c3c(=O)[nH]c(=O)n(C)c3n3c(-c4ccc(Cl)cc4)nnc23)c1. The quantitative estimate of drug-likeness (QED) is 0.486. The van der Waals surface area contributed by atoms with Crippen LogP contribution in [0.25, 0.3) is 28.3 Å². The van der Waals surface area contributed by atoms with E-state index in [0.717, 1.165) is 16.7 Å². The van der Waals surface area contributed by atoms with Crippen LogP contribution in [0.3, 0.4) is 0 Å². The van der Waals surface area contributed by atoms with Gasteiger partial charge < -0.3 is 0 Å². The maximum absolute atomic E-state index is 12.8. The number of rotatable bonds is 3. The normalized spacial score (nSPS) is 11.6. The molecule has 5 aromatic rings. The number of H-pyrrole nitrogens is 1. The summed E-state index contributed by atoms with van der Waals surface area (Å²) in [6.07, 6.45) is 0. The van der Waals surface area contributed by atoms with E-state index in [4.69, 9.17) is 11.6 Å². The van der Waals surface area contributed by atoms with Crippen molar-refractivity contribution in [3.8, 4) is 11.4 Å². The zero-order valence-electron chi connectivity index (χ0n) is 16.3. The van der Waals surface area contributed by atoms with E-state index in [-0.39, 0.29) is 0 Å². The first-order valence-corrected chi connectivity index (χ1v) is 9.70. The summed E-state index contributed by atoms with van der Waals surface area (Å²) in [6.45, 7) is 2.42. The van der Waals surface area contributed by atoms with Gasteiger partial charge in [0.15, 0.2) is 17.0 Å². The zero-order valence-corrected chi connectivity index (χ0v) is 17.0. The molecule has 3 heterocycles. The van der Waals surface area contributed by atoms with Crippen LogP contribution in [0.4, 0.5) is 0 Å². The molecule has 1 N–H and O–H groups in total. The van der Waals surface area contributed by atoms with Gasteiger partial charge in [-0.25, -0.2) is 9.20 Å². The number of halogens is 1. The van der Waals surface area contributed by atoms with Crippen LogP contribution in [-0.4, -0.2) is 28.7 Å². The Bertz CT molecular complexity index is 1540. The lowest BCUT2D eigenvalue weighted by atomic mass is 10.1. The first kappa shape index (κ1) is 18.4. The molecule has 0 amide bonds. The van der Waals surface area contributed by atoms with Crippen molar-refractivity contribution in [2.75, 3.05) is 0 Å². The van der Waals surface area contributed by atoms with Crippen molar-refractivity contribution < 1.29 is 0 Å². The van der Waals surface area contributed by atoms with Crippen molar-refractivity contribution >= 4 is 28.5 Å². The molecule has 0 saturated carbocycles. The molecule has 0 spiro atoms. The highest BCUT2D eigenvalue weighted by molar-refractivity contribution is 6.30. The summed E-state index contributed by atoms with van der Waals surface area (Å²) in [5.74, 6) is 0.999. The van der Waals surface area contributed by atoms with E-state index in [1.165, 1.54) is 4.57 Å². The van der Waals surface area contributed by atoms with Gasteiger partial charge in [-0.3, -0.25) is 18.9 Å². The summed E-state index contributed by atoms with van der Waals surface area (Å²) in [5, 5.41) is 9.31. The van der Waals surface area contributed by atoms with Gasteiger partial charge >= 0.3 is 5.69 Å². The third kappa shape index (κ3) is 2.76. The van der Waals surface area contributed by atoms with Crippen LogP contribution in [0.1, 0.15) is 11.1 Å². The Kier molecular flexibility index (Phi) is 4.11. The number of hydrogen-bond donors (Lipinski definition) is 1. The Morgan fingerprint density at radius 2 is 1.83 bits per heavy atom. The molecule has 0 aliphatic rings. The molecule has 30 heavy (non-hydrogen) atoms. The van der Waals surface area contributed by atoms with Gasteiger partial charge in [-0.1, -0.05) is 41.4 Å². The van der Waals surface area contributed by atoms with Gasteiger partial charge in [0.2, 0.25) is 5.78 Å². The Labute approximate surface area is 175 Å². The van der Waals surface area contributed by atoms with Crippen molar-refractivity contribution in [1.82, 2.24) is 28.7 Å². The molecule has 0 fully saturated rings. The Morgan fingerprint density at radius 1 is 1.07 bits per heavy atom. The van der Waals surface area contributed by atoms with Crippen LogP contribution >= 0.6 is 11.6 Å². The lowest BCUT2D eigenvalue weighted by Gasteiger charge is -2.06. The molecular formula is C21H17ClN6O2. The Hall–Kier alpha value is -3.65. The van der Waals surface area contributed by atoms with Gasteiger partial charge in [0.25, 0.3) is 5.56 Å². The lowest BCUT2D eigenvalue weighted by molar-refractivity contribution is 0.809. The van der Waals surface area contributed by atoms with Crippen molar-refractivity contribution in [1.29, 1.82) is 0 Å². The van der Waals surface area contributed by atoms with Crippen LogP contribution in [0.15, 0.2) is 58.1 Å². The molecule has 0 radical (unpaired) electrons. The molecule has 8 nitrogen and oxygen atoms in total. The molecule has 9 heteroatoms. The molecule has 0 aliphatic heterocycles. The van der Waals surface area contributed by atoms with Crippen LogP contribution in [-0.2, 0) is 13.6 Å². The number of nitrogens with one attached hydrogen (secondary N) is 1. The second kappa shape index (κ2) is 6.70. The fourth-order valence-electron chi connectivity index (χ4n) is 3.77. The molecule has 150 valence electrons. The van der Waals surface area contributed by atoms with Crippen LogP contribution in [0, 0.1) is 6.92 Å². The van der Waals surface area contributed by atoms with E-state index in [2.05, 4.69) is 21.2 Å². The highest BCUT2D eigenvalue weighted by atomic mass is 35.5. The van der Waals surface area contributed by atoms with E-state index in [1.54, 1.807) is 28.1 Å². The van der Waals surface area contributed by atoms with Crippen molar-refractivity contribution in [2.24, 2.45) is 7.05 Å². The number of imidazole rings is 1. The second-order valence-electron chi connectivity index (χ2n) is 7.23. The molecule has 2 aromatic carbocycles. The zero-order chi connectivity index (χ0) is 21.0. The number of hydrogen-bond acceptors (Lipinski definition) is 4. The molecule has 0 saturated heterocycles. The van der Waals surface area contributed by atoms with E-state index >= 15 is 0 Å². The molecule has 5 rings (SSSR count). The van der Waals surface area contributed by atoms with E-state index in [1.807, 2.05) is 37.3 Å². The molecule has 0 bridgehead atoms. The molecular weight excluding hydrogens is 404 g/mol. The van der Waals surface area contributed by atoms with Gasteiger partial charge in [0, 0.05) is 17.6 Å². The van der Waals surface area contributed by atoms with Gasteiger partial charge in [-0.05, 0) is 36.8 Å². The minimum Gasteiger partial charge on any atom is -0.298 e. The van der Waals surface area contributed by atoms with Gasteiger partial charge in [0.1, 0.15) is 0 Å². The number of aromatic nitrogens is 6. The van der Waals surface area contributed by atoms with E-state index < -0.39 is 11.2 Å². The van der Waals surface area contributed by atoms with Crippen LogP contribution < -0.4 is 11.2 Å². The third-order valence-electron chi connectivity index (χ3n) is 5.16. The molecule has 0 atom stereocenters. The summed E-state index contributed by atoms with van der Waals surface area (Å²) < 4.78 is 4.93. The predicted molar refractivity (Wildman–Crippen MR) is 115 cm³/mol. The van der Waals surface area contributed by atoms with Crippen LogP contribution in [0.5, 0.6) is 0 Å². The summed E-state index contributed by atoms with van der Waals surface area (Å²) in [7, 11) is 1.61. The number of aryl methyl sites for hydroxylation is 2. The fraction of sp³-hybridized carbons (Fsp3) is 0.143. The average Bonchev–Trinajstić information content (AvgIpc) is 3.26. The number of fused-ring (bicyclic) bond motifs is 3. The average molecular weight is 421 g/mol. The molecule has 0 unspecified atom stereocenters. The van der Waals surface area contributed by atoms with E-state index in [9.17, 15) is 9.59 Å². The second-order valence-corrected chi connectivity index (χ2v) is 7.67. The van der Waals surface area contributed by atoms with Gasteiger partial charge in [-0.2, -0.15) is 0 Å². The summed E-state index contributed by atoms with van der Waals surface area (Å²) in [6, 6.07) is 15.2. The summed E-state index contributed by atoms with van der Waals surface area (Å²) in [5.41, 5.74) is 2.73. The first-order valence-electron chi connectivity index (χ1n) is 9.32. The maximum Gasteiger partial charge on any atom is 0.329 e. The monoisotopic (exact) mass is 420 g/mol. The molecule has 3 aromatic heterocycles. The van der Waals surface area contributed by atoms with Crippen molar-refractivity contribution in [3.63, 3.8) is 0 Å². The Balaban J connectivity index is 1.88. The smallest absolute Gasteiger partial charge is 0.298 e. The summed E-state index contributed by atoms with van der Waals surface area (Å²) >= 11 is 6.02. The molecule has 0 aliphatic carbocycles. The van der Waals surface area contributed by atoms with Crippen molar-refractivity contribution in [2.45, 2.75) is 13.5 Å². The van der Waals surface area contributed by atoms with Gasteiger partial charge in [-0.15, -0.1) is 10.2 Å². The van der Waals surface area contributed by atoms with Gasteiger partial charge in [0.05, 0.1) is 6.54 Å². The first-order chi connectivity index (χ1) is 14.4. The third-order valence-corrected chi connectivity index (χ3v) is 5.42. The van der Waals surface area contributed by atoms with E-state index in [0.29, 0.717) is 34.3 Å². The maximum atomic E-state index is 12.8. The summed E-state index contributed by atoms with van der Waals surface area (Å²) in [4.78, 5) is 27.6. The topological polar surface area (TPSA) is 90.0 Å². The lowest BCUT2D eigenvalue weighted by Crippen LogP contribution is -2.29. The minimum atomic E-state index is -0.502. The largest absolute Gasteiger partial charge is 0.329 e. The number of aromatic amines is 1. The number of benzene rings is 2.